The second-order valence-electron chi connectivity index (χ2n) is 6.03. The molecule has 0 saturated carbocycles. The lowest BCUT2D eigenvalue weighted by molar-refractivity contribution is -0.120. The molecule has 28 heavy (non-hydrogen) atoms. The molecule has 2 fully saturated rings. The van der Waals surface area contributed by atoms with Gasteiger partial charge in [-0.15, -0.1) is 12.4 Å². The average molecular weight is 467 g/mol. The van der Waals surface area contributed by atoms with Gasteiger partial charge in [0.2, 0.25) is 9.60 Å². The van der Waals surface area contributed by atoms with Crippen molar-refractivity contribution in [3.05, 3.63) is 16.1 Å². The number of anilines is 1. The van der Waals surface area contributed by atoms with Crippen LogP contribution in [-0.4, -0.2) is 56.5 Å². The number of carbonyl (C=O) groups excluding carboxylic acids is 2. The molecule has 8 nitrogen and oxygen atoms in total. The summed E-state index contributed by atoms with van der Waals surface area (Å²) in [4.78, 5) is 31.6. The Kier molecular flexibility index (Phi) is 11.6. The van der Waals surface area contributed by atoms with E-state index in [9.17, 15) is 9.59 Å². The van der Waals surface area contributed by atoms with Gasteiger partial charge in [-0.25, -0.2) is 9.97 Å². The lowest BCUT2D eigenvalue weighted by Gasteiger charge is -2.24. The molecule has 0 amide bonds. The minimum atomic E-state index is 0. The second-order valence-corrected chi connectivity index (χ2v) is 8.10. The maximum Gasteiger partial charge on any atom is 0.205 e. The lowest BCUT2D eigenvalue weighted by atomic mass is 10.1. The number of hydrogen-bond acceptors (Lipinski definition) is 10. The Bertz CT molecular complexity index is 721. The molecule has 12 heteroatoms. The standard InChI is InChI=1S/C8H11N3OS.C5H9NO.C3H3ClN2S.ClH/c1-6-9-8(13-10-6)11-4-2-7(12)3-5-11;7-5-1-3-6-4-2-5;1-2-5-3(4)7-6-2;/h2-5H2,1H3;6H,1-4H2;1H3;1H. The number of nitrogens with one attached hydrogen (secondary N) is 1. The van der Waals surface area contributed by atoms with Crippen molar-refractivity contribution < 1.29 is 9.59 Å². The quantitative estimate of drug-likeness (QED) is 0.684. The highest BCUT2D eigenvalue weighted by Crippen LogP contribution is 2.20. The Hall–Kier alpha value is -1.20. The van der Waals surface area contributed by atoms with Crippen LogP contribution in [0.2, 0.25) is 4.47 Å². The van der Waals surface area contributed by atoms with Gasteiger partial charge in [-0.1, -0.05) is 0 Å². The topological polar surface area (TPSA) is 101 Å². The summed E-state index contributed by atoms with van der Waals surface area (Å²) < 4.78 is 8.44. The first-order valence-corrected chi connectivity index (χ1v) is 10.6. The first kappa shape index (κ1) is 24.8. The van der Waals surface area contributed by atoms with Gasteiger partial charge in [0.15, 0.2) is 0 Å². The van der Waals surface area contributed by atoms with E-state index in [1.165, 1.54) is 23.1 Å². The van der Waals surface area contributed by atoms with Gasteiger partial charge in [0.1, 0.15) is 23.2 Å². The fourth-order valence-corrected chi connectivity index (χ4v) is 3.71. The van der Waals surface area contributed by atoms with E-state index in [0.29, 0.717) is 28.9 Å². The van der Waals surface area contributed by atoms with Crippen molar-refractivity contribution in [2.75, 3.05) is 31.1 Å². The largest absolute Gasteiger partial charge is 0.346 e. The molecular weight excluding hydrogens is 443 g/mol. The highest BCUT2D eigenvalue weighted by Gasteiger charge is 2.18. The third kappa shape index (κ3) is 9.33. The Morgan fingerprint density at radius 1 is 0.893 bits per heavy atom. The van der Waals surface area contributed by atoms with Crippen molar-refractivity contribution in [2.45, 2.75) is 39.5 Å². The monoisotopic (exact) mass is 466 g/mol. The van der Waals surface area contributed by atoms with Gasteiger partial charge in [-0.3, -0.25) is 9.59 Å². The van der Waals surface area contributed by atoms with Crippen LogP contribution in [0, 0.1) is 13.8 Å². The van der Waals surface area contributed by atoms with Crippen molar-refractivity contribution in [1.29, 1.82) is 0 Å². The highest BCUT2D eigenvalue weighted by atomic mass is 35.5. The summed E-state index contributed by atoms with van der Waals surface area (Å²) in [7, 11) is 0. The molecule has 0 spiro atoms. The zero-order valence-corrected chi connectivity index (χ0v) is 19.0. The maximum atomic E-state index is 11.0. The van der Waals surface area contributed by atoms with Crippen molar-refractivity contribution in [1.82, 2.24) is 24.0 Å². The van der Waals surface area contributed by atoms with E-state index in [-0.39, 0.29) is 12.4 Å². The van der Waals surface area contributed by atoms with E-state index in [1.54, 1.807) is 0 Å². The van der Waals surface area contributed by atoms with Crippen LogP contribution in [0.4, 0.5) is 5.13 Å². The second kappa shape index (κ2) is 13.1. The van der Waals surface area contributed by atoms with E-state index in [0.717, 1.165) is 55.8 Å². The van der Waals surface area contributed by atoms with Crippen LogP contribution in [0.3, 0.4) is 0 Å². The van der Waals surface area contributed by atoms with Gasteiger partial charge in [0.05, 0.1) is 0 Å². The molecular formula is C16H24Cl2N6O2S2. The summed E-state index contributed by atoms with van der Waals surface area (Å²) in [6, 6.07) is 0. The molecule has 0 aliphatic carbocycles. The van der Waals surface area contributed by atoms with Crippen molar-refractivity contribution in [3.63, 3.8) is 0 Å². The average Bonchev–Trinajstić information content (AvgIpc) is 3.25. The van der Waals surface area contributed by atoms with Crippen LogP contribution >= 0.6 is 47.1 Å². The molecule has 0 unspecified atom stereocenters. The number of piperidine rings is 2. The Morgan fingerprint density at radius 3 is 1.79 bits per heavy atom. The molecule has 0 atom stereocenters. The van der Waals surface area contributed by atoms with Crippen LogP contribution in [0.15, 0.2) is 0 Å². The number of aryl methyl sites for hydroxylation is 2. The number of carbonyl (C=O) groups is 2. The summed E-state index contributed by atoms with van der Waals surface area (Å²) in [6.45, 7) is 7.07. The molecule has 2 aromatic rings. The molecule has 4 rings (SSSR count). The smallest absolute Gasteiger partial charge is 0.205 e. The third-order valence-corrected chi connectivity index (χ3v) is 5.53. The van der Waals surface area contributed by atoms with E-state index in [4.69, 9.17) is 11.6 Å². The van der Waals surface area contributed by atoms with E-state index < -0.39 is 0 Å². The lowest BCUT2D eigenvalue weighted by Crippen LogP contribution is -2.33. The summed E-state index contributed by atoms with van der Waals surface area (Å²) in [6.07, 6.45) is 2.78. The normalized spacial score (nSPS) is 16.3. The molecule has 2 aliphatic heterocycles. The maximum absolute atomic E-state index is 11.0. The summed E-state index contributed by atoms with van der Waals surface area (Å²) in [5, 5.41) is 4.04. The van der Waals surface area contributed by atoms with Gasteiger partial charge in [0.25, 0.3) is 0 Å². The van der Waals surface area contributed by atoms with Gasteiger partial charge in [-0.2, -0.15) is 8.75 Å². The van der Waals surface area contributed by atoms with Crippen molar-refractivity contribution >= 4 is 63.8 Å². The Balaban J connectivity index is 0.000000224. The molecule has 0 radical (unpaired) electrons. The predicted molar refractivity (Wildman–Crippen MR) is 115 cm³/mol. The van der Waals surface area contributed by atoms with Gasteiger partial charge in [-0.05, 0) is 37.0 Å². The highest BCUT2D eigenvalue weighted by molar-refractivity contribution is 7.10. The number of ketones is 2. The minimum absolute atomic E-state index is 0. The zero-order valence-electron chi connectivity index (χ0n) is 15.8. The molecule has 4 heterocycles. The number of nitrogens with zero attached hydrogens (tertiary/aromatic N) is 5. The van der Waals surface area contributed by atoms with Crippen LogP contribution in [0.1, 0.15) is 37.3 Å². The van der Waals surface area contributed by atoms with E-state index in [1.807, 2.05) is 13.8 Å². The van der Waals surface area contributed by atoms with Crippen LogP contribution < -0.4 is 10.2 Å². The molecule has 0 aromatic carbocycles. The number of hydrogen-bond donors (Lipinski definition) is 1. The summed E-state index contributed by atoms with van der Waals surface area (Å²) >= 11 is 8.02. The SMILES string of the molecule is Cc1nsc(Cl)n1.Cc1nsc(N2CCC(=O)CC2)n1.Cl.O=C1CCNCC1. The van der Waals surface area contributed by atoms with Crippen molar-refractivity contribution in [3.8, 4) is 0 Å². The molecule has 2 aliphatic rings. The minimum Gasteiger partial charge on any atom is -0.346 e. The predicted octanol–water partition coefficient (Wildman–Crippen LogP) is 2.88. The third-order valence-electron chi connectivity index (χ3n) is 3.77. The fraction of sp³-hybridized carbons (Fsp3) is 0.625. The van der Waals surface area contributed by atoms with Gasteiger partial charge < -0.3 is 10.2 Å². The molecule has 2 saturated heterocycles. The summed E-state index contributed by atoms with van der Waals surface area (Å²) in [5.74, 6) is 2.32. The molecule has 0 bridgehead atoms. The Morgan fingerprint density at radius 2 is 1.43 bits per heavy atom. The van der Waals surface area contributed by atoms with Crippen LogP contribution in [0.5, 0.6) is 0 Å². The van der Waals surface area contributed by atoms with Gasteiger partial charge in [0, 0.05) is 63.4 Å². The molecule has 156 valence electrons. The number of rotatable bonds is 1. The summed E-state index contributed by atoms with van der Waals surface area (Å²) in [5.41, 5.74) is 0. The number of aromatic nitrogens is 4. The van der Waals surface area contributed by atoms with Crippen LogP contribution in [0.25, 0.3) is 0 Å². The van der Waals surface area contributed by atoms with Crippen LogP contribution in [-0.2, 0) is 9.59 Å². The Labute approximate surface area is 183 Å². The van der Waals surface area contributed by atoms with Gasteiger partial charge >= 0.3 is 0 Å². The first-order valence-electron chi connectivity index (χ1n) is 8.69. The fourth-order valence-electron chi connectivity index (χ4n) is 2.34. The van der Waals surface area contributed by atoms with Crippen molar-refractivity contribution in [2.24, 2.45) is 0 Å². The number of halogens is 2. The molecule has 2 aromatic heterocycles. The first-order chi connectivity index (χ1) is 12.9. The van der Waals surface area contributed by atoms with E-state index >= 15 is 0 Å². The van der Waals surface area contributed by atoms with E-state index in [2.05, 4.69) is 28.9 Å². The number of Topliss-reactive ketones (excluding diaryl/α,β-unsaturated/α-hetero) is 2. The zero-order chi connectivity index (χ0) is 19.6. The molecule has 1 N–H and O–H groups in total.